The zero-order valence-electron chi connectivity index (χ0n) is 41.2. The Hall–Kier alpha value is -3.92. The molecule has 4 unspecified atom stereocenters. The SMILES string of the molecule is C=C/C(=C\C(=C(/C)C(=C)/C=C\C(=C/C)C(C)(C)C)C1(C)c2cc(OCC(C)CC)c(OCC(C)CC)cc2-c2cc(OCC(C)CC)c(OCC(C)CC)cc21)C(C)(C)C. The van der Waals surface area contributed by atoms with Crippen LogP contribution in [0.3, 0.4) is 0 Å². The predicted molar refractivity (Wildman–Crippen MR) is 260 cm³/mol. The van der Waals surface area contributed by atoms with E-state index < -0.39 is 5.41 Å². The van der Waals surface area contributed by atoms with Crippen LogP contribution < -0.4 is 18.9 Å². The Labute approximate surface area is 368 Å². The first kappa shape index (κ1) is 50.4. The lowest BCUT2D eigenvalue weighted by Crippen LogP contribution is -2.26. The van der Waals surface area contributed by atoms with E-state index in [1.165, 1.54) is 5.57 Å². The molecular weight excluding hydrogens is 737 g/mol. The van der Waals surface area contributed by atoms with Gasteiger partial charge in [0.25, 0.3) is 0 Å². The first-order chi connectivity index (χ1) is 28.1. The smallest absolute Gasteiger partial charge is 0.161 e. The van der Waals surface area contributed by atoms with Gasteiger partial charge in [0, 0.05) is 5.41 Å². The van der Waals surface area contributed by atoms with Crippen molar-refractivity contribution < 1.29 is 18.9 Å². The molecule has 2 aromatic carbocycles. The minimum Gasteiger partial charge on any atom is -0.489 e. The first-order valence-electron chi connectivity index (χ1n) is 23.1. The monoisotopic (exact) mass is 821 g/mol. The summed E-state index contributed by atoms with van der Waals surface area (Å²) in [5.74, 6) is 4.71. The topological polar surface area (TPSA) is 36.9 Å². The average Bonchev–Trinajstić information content (AvgIpc) is 3.44. The minimum atomic E-state index is -0.661. The lowest BCUT2D eigenvalue weighted by atomic mass is 9.69. The van der Waals surface area contributed by atoms with Gasteiger partial charge in [0.1, 0.15) is 0 Å². The van der Waals surface area contributed by atoms with Gasteiger partial charge in [-0.1, -0.05) is 166 Å². The fraction of sp³-hybridized carbons (Fsp3) is 0.571. The van der Waals surface area contributed by atoms with Crippen LogP contribution in [0, 0.1) is 34.5 Å². The molecule has 1 aliphatic rings. The van der Waals surface area contributed by atoms with Crippen LogP contribution in [-0.4, -0.2) is 26.4 Å². The molecule has 0 radical (unpaired) electrons. The van der Waals surface area contributed by atoms with Crippen molar-refractivity contribution in [2.24, 2.45) is 34.5 Å². The molecule has 0 heterocycles. The summed E-state index contributed by atoms with van der Waals surface area (Å²) in [7, 11) is 0. The van der Waals surface area contributed by atoms with Gasteiger partial charge in [0.15, 0.2) is 23.0 Å². The molecule has 4 heteroatoms. The average molecular weight is 821 g/mol. The van der Waals surface area contributed by atoms with Crippen molar-refractivity contribution in [3.63, 3.8) is 0 Å². The Balaban J connectivity index is 2.62. The first-order valence-corrected chi connectivity index (χ1v) is 23.1. The summed E-state index contributed by atoms with van der Waals surface area (Å²) >= 11 is 0. The van der Waals surface area contributed by atoms with Gasteiger partial charge in [0.2, 0.25) is 0 Å². The Morgan fingerprint density at radius 1 is 0.617 bits per heavy atom. The Bertz CT molecular complexity index is 1820. The molecule has 0 aliphatic heterocycles. The molecule has 0 amide bonds. The predicted octanol–water partition coefficient (Wildman–Crippen LogP) is 16.3. The number of hydrogen-bond acceptors (Lipinski definition) is 4. The second-order valence-electron chi connectivity index (χ2n) is 20.1. The normalized spacial score (nSPS) is 18.3. The highest BCUT2D eigenvalue weighted by Gasteiger charge is 2.45. The van der Waals surface area contributed by atoms with Crippen molar-refractivity contribution in [1.82, 2.24) is 0 Å². The van der Waals surface area contributed by atoms with Crippen LogP contribution in [0.25, 0.3) is 11.1 Å². The molecule has 0 aromatic heterocycles. The minimum absolute atomic E-state index is 0.00415. The van der Waals surface area contributed by atoms with E-state index in [9.17, 15) is 0 Å². The van der Waals surface area contributed by atoms with Gasteiger partial charge in [-0.05, 0) is 130 Å². The molecule has 60 heavy (non-hydrogen) atoms. The van der Waals surface area contributed by atoms with Crippen LogP contribution in [0.2, 0.25) is 0 Å². The van der Waals surface area contributed by atoms with E-state index in [4.69, 9.17) is 25.5 Å². The number of hydrogen-bond donors (Lipinski definition) is 0. The number of rotatable bonds is 22. The van der Waals surface area contributed by atoms with E-state index in [1.54, 1.807) is 0 Å². The second-order valence-corrected chi connectivity index (χ2v) is 20.1. The van der Waals surface area contributed by atoms with Gasteiger partial charge < -0.3 is 18.9 Å². The van der Waals surface area contributed by atoms with E-state index in [2.05, 4.69) is 173 Å². The van der Waals surface area contributed by atoms with Gasteiger partial charge >= 0.3 is 0 Å². The highest BCUT2D eigenvalue weighted by Crippen LogP contribution is 2.59. The number of allylic oxidation sites excluding steroid dienone is 10. The van der Waals surface area contributed by atoms with Crippen LogP contribution >= 0.6 is 0 Å². The molecule has 3 rings (SSSR count). The van der Waals surface area contributed by atoms with E-state index in [0.29, 0.717) is 50.1 Å². The van der Waals surface area contributed by atoms with Gasteiger partial charge in [0.05, 0.1) is 26.4 Å². The zero-order valence-corrected chi connectivity index (χ0v) is 41.2. The molecule has 0 saturated heterocycles. The summed E-state index contributed by atoms with van der Waals surface area (Å²) in [5, 5.41) is 0. The van der Waals surface area contributed by atoms with Crippen molar-refractivity contribution in [3.8, 4) is 34.1 Å². The molecule has 4 atom stereocenters. The van der Waals surface area contributed by atoms with Crippen LogP contribution in [0.4, 0.5) is 0 Å². The van der Waals surface area contributed by atoms with E-state index in [0.717, 1.165) is 93.2 Å². The van der Waals surface area contributed by atoms with Crippen LogP contribution in [-0.2, 0) is 5.41 Å². The number of ether oxygens (including phenoxy) is 4. The Morgan fingerprint density at radius 2 is 0.967 bits per heavy atom. The van der Waals surface area contributed by atoms with E-state index >= 15 is 0 Å². The second kappa shape index (κ2) is 21.7. The quantitative estimate of drug-likeness (QED) is 0.111. The third-order valence-corrected chi connectivity index (χ3v) is 12.9. The molecular formula is C56H84O4. The highest BCUT2D eigenvalue weighted by atomic mass is 16.5. The molecule has 2 aromatic rings. The summed E-state index contributed by atoms with van der Waals surface area (Å²) in [5.41, 5.74) is 9.36. The van der Waals surface area contributed by atoms with Crippen LogP contribution in [0.15, 0.2) is 95.7 Å². The zero-order chi connectivity index (χ0) is 45.2. The van der Waals surface area contributed by atoms with Crippen molar-refractivity contribution >= 4 is 0 Å². The standard InChI is InChI=1S/C56H84O4/c1-20-37(7)33-57-50-29-45-46-30-51(58-34-38(8)21-2)53(60-36-40(10)23-4)32-49(46)56(19,48(45)31-52(50)59-35-39(9)22-3)47(28-44(25-6)55(16,17)18)42(12)41(11)26-27-43(24-5)54(13,14)15/h24-32,37-40H,6,11,20-23,33-36H2,1-5,7-10,12-19H3/b27-26-,43-24+,44-28+,47-42-. The summed E-state index contributed by atoms with van der Waals surface area (Å²) < 4.78 is 27.0. The molecule has 332 valence electrons. The molecule has 0 N–H and O–H groups in total. The molecule has 0 bridgehead atoms. The largest absolute Gasteiger partial charge is 0.489 e. The van der Waals surface area contributed by atoms with E-state index in [-0.39, 0.29) is 10.8 Å². The van der Waals surface area contributed by atoms with Gasteiger partial charge in [-0.15, -0.1) is 0 Å². The summed E-state index contributed by atoms with van der Waals surface area (Å²) in [6.07, 6.45) is 15.1. The summed E-state index contributed by atoms with van der Waals surface area (Å²) in [4.78, 5) is 0. The number of fused-ring (bicyclic) bond motifs is 3. The summed E-state index contributed by atoms with van der Waals surface area (Å²) in [6.45, 7) is 49.6. The molecule has 1 aliphatic carbocycles. The van der Waals surface area contributed by atoms with Crippen LogP contribution in [0.1, 0.15) is 155 Å². The molecule has 0 saturated carbocycles. The highest BCUT2D eigenvalue weighted by molar-refractivity contribution is 5.88. The van der Waals surface area contributed by atoms with Gasteiger partial charge in [-0.25, -0.2) is 0 Å². The maximum Gasteiger partial charge on any atom is 0.161 e. The maximum absolute atomic E-state index is 6.77. The maximum atomic E-state index is 6.77. The van der Waals surface area contributed by atoms with Gasteiger partial charge in [-0.3, -0.25) is 0 Å². The summed E-state index contributed by atoms with van der Waals surface area (Å²) in [6, 6.07) is 9.00. The number of benzene rings is 2. The molecule has 0 fully saturated rings. The van der Waals surface area contributed by atoms with Crippen LogP contribution in [0.5, 0.6) is 23.0 Å². The fourth-order valence-corrected chi connectivity index (χ4v) is 7.31. The molecule has 4 nitrogen and oxygen atoms in total. The third-order valence-electron chi connectivity index (χ3n) is 12.9. The fourth-order valence-electron chi connectivity index (χ4n) is 7.31. The van der Waals surface area contributed by atoms with Crippen molar-refractivity contribution in [2.45, 2.75) is 149 Å². The van der Waals surface area contributed by atoms with Crippen molar-refractivity contribution in [1.29, 1.82) is 0 Å². The van der Waals surface area contributed by atoms with Crippen molar-refractivity contribution in [3.05, 3.63) is 107 Å². The van der Waals surface area contributed by atoms with Gasteiger partial charge in [-0.2, -0.15) is 0 Å². The lowest BCUT2D eigenvalue weighted by molar-refractivity contribution is 0.217. The van der Waals surface area contributed by atoms with E-state index in [1.807, 2.05) is 6.08 Å². The molecule has 0 spiro atoms. The Morgan fingerprint density at radius 3 is 1.27 bits per heavy atom. The van der Waals surface area contributed by atoms with Crippen molar-refractivity contribution in [2.75, 3.05) is 26.4 Å². The lowest BCUT2D eigenvalue weighted by Gasteiger charge is -2.34. The third kappa shape index (κ3) is 12.3. The Kier molecular flexibility index (Phi) is 18.3.